The summed E-state index contributed by atoms with van der Waals surface area (Å²) >= 11 is 0. The Labute approximate surface area is 219 Å². The highest BCUT2D eigenvalue weighted by molar-refractivity contribution is 5.93. The van der Waals surface area contributed by atoms with E-state index in [4.69, 9.17) is 4.74 Å². The van der Waals surface area contributed by atoms with Gasteiger partial charge in [-0.25, -0.2) is 4.79 Å². The second-order valence-corrected chi connectivity index (χ2v) is 9.29. The molecule has 0 radical (unpaired) electrons. The van der Waals surface area contributed by atoms with Crippen LogP contribution in [0.15, 0.2) is 127 Å². The minimum absolute atomic E-state index is 0.0000639. The summed E-state index contributed by atoms with van der Waals surface area (Å²) in [5, 5.41) is 3.62. The van der Waals surface area contributed by atoms with Crippen LogP contribution < -0.4 is 10.2 Å². The van der Waals surface area contributed by atoms with Crippen LogP contribution in [0, 0.1) is 6.92 Å². The first-order valence-corrected chi connectivity index (χ1v) is 12.8. The molecule has 1 N–H and O–H groups in total. The summed E-state index contributed by atoms with van der Waals surface area (Å²) in [6.07, 6.45) is 0.629. The molecule has 4 aromatic carbocycles. The highest BCUT2D eigenvalue weighted by Crippen LogP contribution is 2.48. The summed E-state index contributed by atoms with van der Waals surface area (Å²) in [5.74, 6) is -0.293. The fraction of sp³-hybridized carbons (Fsp3) is 0.182. The number of ether oxygens (including phenoxy) is 1. The van der Waals surface area contributed by atoms with Crippen molar-refractivity contribution in [1.29, 1.82) is 0 Å². The van der Waals surface area contributed by atoms with Crippen molar-refractivity contribution < 1.29 is 9.53 Å². The van der Waals surface area contributed by atoms with Gasteiger partial charge in [0.25, 0.3) is 0 Å². The van der Waals surface area contributed by atoms with E-state index in [-0.39, 0.29) is 18.1 Å². The lowest BCUT2D eigenvalue weighted by atomic mass is 9.84. The van der Waals surface area contributed by atoms with Gasteiger partial charge < -0.3 is 15.0 Å². The van der Waals surface area contributed by atoms with Gasteiger partial charge >= 0.3 is 5.97 Å². The molecule has 1 aliphatic rings. The predicted molar refractivity (Wildman–Crippen MR) is 150 cm³/mol. The van der Waals surface area contributed by atoms with Crippen LogP contribution in [0.1, 0.15) is 42.1 Å². The van der Waals surface area contributed by atoms with Gasteiger partial charge in [-0.3, -0.25) is 0 Å². The number of nitrogens with zero attached hydrogens (tertiary/aromatic N) is 1. The fourth-order valence-electron chi connectivity index (χ4n) is 5.10. The average molecular weight is 489 g/mol. The van der Waals surface area contributed by atoms with Gasteiger partial charge in [-0.2, -0.15) is 0 Å². The number of nitrogens with one attached hydrogen (secondary N) is 1. The number of rotatable bonds is 7. The molecule has 0 bridgehead atoms. The third-order valence-corrected chi connectivity index (χ3v) is 6.81. The molecule has 4 aromatic rings. The van der Waals surface area contributed by atoms with Gasteiger partial charge in [-0.05, 0) is 49.2 Å². The first-order valence-electron chi connectivity index (χ1n) is 12.8. The lowest BCUT2D eigenvalue weighted by molar-refractivity contribution is -0.139. The normalized spacial score (nSPS) is 17.4. The van der Waals surface area contributed by atoms with Crippen LogP contribution in [0.3, 0.4) is 0 Å². The molecule has 186 valence electrons. The van der Waals surface area contributed by atoms with Crippen molar-refractivity contribution in [3.05, 3.63) is 143 Å². The number of hydrogen-bond acceptors (Lipinski definition) is 4. The van der Waals surface area contributed by atoms with Crippen LogP contribution in [0.2, 0.25) is 0 Å². The summed E-state index contributed by atoms with van der Waals surface area (Å²) in [5.41, 5.74) is 6.96. The molecule has 0 fully saturated rings. The Hall–Kier alpha value is -4.31. The van der Waals surface area contributed by atoms with Crippen molar-refractivity contribution in [2.75, 3.05) is 16.8 Å². The Kier molecular flexibility index (Phi) is 7.36. The molecule has 1 heterocycles. The van der Waals surface area contributed by atoms with Crippen LogP contribution in [0.5, 0.6) is 0 Å². The van der Waals surface area contributed by atoms with Gasteiger partial charge in [0.1, 0.15) is 0 Å². The first-order chi connectivity index (χ1) is 18.2. The maximum Gasteiger partial charge on any atom is 0.338 e. The molecule has 0 spiro atoms. The van der Waals surface area contributed by atoms with Crippen molar-refractivity contribution in [3.8, 4) is 0 Å². The molecule has 0 saturated heterocycles. The molecule has 0 saturated carbocycles. The zero-order valence-corrected chi connectivity index (χ0v) is 21.3. The maximum absolute atomic E-state index is 13.7. The van der Waals surface area contributed by atoms with E-state index >= 15 is 0 Å². The van der Waals surface area contributed by atoms with Crippen molar-refractivity contribution in [3.63, 3.8) is 0 Å². The maximum atomic E-state index is 13.7. The van der Waals surface area contributed by atoms with Crippen molar-refractivity contribution in [2.45, 2.75) is 32.4 Å². The number of carbonyl (C=O) groups is 1. The van der Waals surface area contributed by atoms with E-state index in [1.807, 2.05) is 49.4 Å². The number of aryl methyl sites for hydroxylation is 1. The van der Waals surface area contributed by atoms with E-state index in [1.165, 1.54) is 11.1 Å². The fourth-order valence-corrected chi connectivity index (χ4v) is 5.10. The Morgan fingerprint density at radius 1 is 0.811 bits per heavy atom. The minimum atomic E-state index is -0.338. The van der Waals surface area contributed by atoms with Crippen LogP contribution >= 0.6 is 0 Å². The monoisotopic (exact) mass is 488 g/mol. The highest BCUT2D eigenvalue weighted by atomic mass is 16.5. The molecule has 0 amide bonds. The Morgan fingerprint density at radius 3 is 1.97 bits per heavy atom. The number of esters is 1. The highest BCUT2D eigenvalue weighted by Gasteiger charge is 2.41. The van der Waals surface area contributed by atoms with Gasteiger partial charge in [-0.1, -0.05) is 96.6 Å². The summed E-state index contributed by atoms with van der Waals surface area (Å²) in [6.45, 7) is 4.24. The largest absolute Gasteiger partial charge is 0.463 e. The SMILES string of the molecule is CCOC(=O)C1=C(Nc2ccc(C)cc2)CC(c2ccccc2)N(c2ccccc2)C1c1ccccc1. The summed E-state index contributed by atoms with van der Waals surface area (Å²) < 4.78 is 5.68. The van der Waals surface area contributed by atoms with E-state index < -0.39 is 0 Å². The van der Waals surface area contributed by atoms with Crippen LogP contribution in [-0.4, -0.2) is 12.6 Å². The third kappa shape index (κ3) is 5.29. The summed E-state index contributed by atoms with van der Waals surface area (Å²) in [4.78, 5) is 16.1. The van der Waals surface area contributed by atoms with Gasteiger partial charge in [0.15, 0.2) is 0 Å². The lowest BCUT2D eigenvalue weighted by Crippen LogP contribution is -2.41. The molecule has 37 heavy (non-hydrogen) atoms. The smallest absolute Gasteiger partial charge is 0.338 e. The van der Waals surface area contributed by atoms with Crippen molar-refractivity contribution >= 4 is 17.3 Å². The number of para-hydroxylation sites is 1. The molecule has 4 heteroatoms. The zero-order chi connectivity index (χ0) is 25.6. The second-order valence-electron chi connectivity index (χ2n) is 9.29. The topological polar surface area (TPSA) is 41.6 Å². The van der Waals surface area contributed by atoms with Gasteiger partial charge in [-0.15, -0.1) is 0 Å². The molecule has 2 atom stereocenters. The van der Waals surface area contributed by atoms with E-state index in [2.05, 4.69) is 89.9 Å². The van der Waals surface area contributed by atoms with E-state index in [0.29, 0.717) is 18.6 Å². The van der Waals surface area contributed by atoms with E-state index in [9.17, 15) is 4.79 Å². The summed E-state index contributed by atoms with van der Waals surface area (Å²) in [7, 11) is 0. The molecule has 5 rings (SSSR count). The van der Waals surface area contributed by atoms with Crippen molar-refractivity contribution in [2.24, 2.45) is 0 Å². The zero-order valence-electron chi connectivity index (χ0n) is 21.3. The number of carbonyl (C=O) groups excluding carboxylic acids is 1. The quantitative estimate of drug-likeness (QED) is 0.272. The van der Waals surface area contributed by atoms with Gasteiger partial charge in [0.05, 0.1) is 24.3 Å². The molecular formula is C33H32N2O2. The van der Waals surface area contributed by atoms with Gasteiger partial charge in [0, 0.05) is 23.5 Å². The molecular weight excluding hydrogens is 456 g/mol. The minimum Gasteiger partial charge on any atom is -0.463 e. The van der Waals surface area contributed by atoms with E-state index in [0.717, 1.165) is 22.6 Å². The van der Waals surface area contributed by atoms with E-state index in [1.54, 1.807) is 0 Å². The van der Waals surface area contributed by atoms with Gasteiger partial charge in [0.2, 0.25) is 0 Å². The lowest BCUT2D eigenvalue weighted by Gasteiger charge is -2.46. The Balaban J connectivity index is 1.75. The molecule has 4 nitrogen and oxygen atoms in total. The first kappa shape index (κ1) is 24.4. The molecule has 1 aliphatic heterocycles. The Morgan fingerprint density at radius 2 is 1.38 bits per heavy atom. The Bertz CT molecular complexity index is 1350. The molecule has 2 unspecified atom stereocenters. The van der Waals surface area contributed by atoms with Crippen LogP contribution in [-0.2, 0) is 9.53 Å². The number of anilines is 2. The number of hydrogen-bond donors (Lipinski definition) is 1. The average Bonchev–Trinajstić information content (AvgIpc) is 2.95. The third-order valence-electron chi connectivity index (χ3n) is 6.81. The standard InChI is InChI=1S/C33H32N2O2/c1-3-37-33(36)31-29(34-27-21-19-24(2)20-22-27)23-30(25-13-7-4-8-14-25)35(28-17-11-6-12-18-28)32(31)26-15-9-5-10-16-26/h4-22,30,32,34H,3,23H2,1-2H3. The predicted octanol–water partition coefficient (Wildman–Crippen LogP) is 7.62. The molecule has 0 aliphatic carbocycles. The second kappa shape index (κ2) is 11.2. The van der Waals surface area contributed by atoms with Crippen LogP contribution in [0.4, 0.5) is 11.4 Å². The van der Waals surface area contributed by atoms with Crippen molar-refractivity contribution in [1.82, 2.24) is 0 Å². The summed E-state index contributed by atoms with van der Waals surface area (Å²) in [6, 6.07) is 39.1. The molecule has 0 aromatic heterocycles. The number of benzene rings is 4. The van der Waals surface area contributed by atoms with Crippen LogP contribution in [0.25, 0.3) is 0 Å².